The van der Waals surface area contributed by atoms with E-state index in [4.69, 9.17) is 21.1 Å². The monoisotopic (exact) mass is 423 g/mol. The Kier molecular flexibility index (Phi) is 5.58. The molecule has 0 radical (unpaired) electrons. The maximum absolute atomic E-state index is 12.0. The number of rotatable bonds is 6. The molecule has 0 aliphatic carbocycles. The minimum atomic E-state index is -0.529. The molecule has 4 aromatic rings. The zero-order valence-electron chi connectivity index (χ0n) is 16.4. The lowest BCUT2D eigenvalue weighted by Crippen LogP contribution is -2.07. The Morgan fingerprint density at radius 2 is 2.03 bits per heavy atom. The maximum atomic E-state index is 12.0. The summed E-state index contributed by atoms with van der Waals surface area (Å²) in [6.45, 7) is 0.403. The Labute approximate surface area is 177 Å². The van der Waals surface area contributed by atoms with Crippen molar-refractivity contribution in [3.63, 3.8) is 0 Å². The van der Waals surface area contributed by atoms with Crippen LogP contribution in [0.4, 0.5) is 0 Å². The molecule has 4 rings (SSSR count). The van der Waals surface area contributed by atoms with Crippen LogP contribution in [0.1, 0.15) is 27.3 Å². The van der Waals surface area contributed by atoms with Crippen molar-refractivity contribution < 1.29 is 14.3 Å². The number of methoxy groups -OCH3 is 2. The highest BCUT2D eigenvalue weighted by atomic mass is 35.5. The van der Waals surface area contributed by atoms with Gasteiger partial charge in [-0.15, -0.1) is 5.10 Å². The summed E-state index contributed by atoms with van der Waals surface area (Å²) in [6, 6.07) is 11.0. The van der Waals surface area contributed by atoms with Gasteiger partial charge in [-0.05, 0) is 30.3 Å². The molecular weight excluding hydrogens is 406 g/mol. The second-order valence-electron chi connectivity index (χ2n) is 6.58. The lowest BCUT2D eigenvalue weighted by molar-refractivity contribution is 0.0596. The third-order valence-electron chi connectivity index (χ3n) is 4.53. The van der Waals surface area contributed by atoms with Gasteiger partial charge < -0.3 is 9.47 Å². The highest BCUT2D eigenvalue weighted by Crippen LogP contribution is 2.28. The van der Waals surface area contributed by atoms with E-state index in [0.29, 0.717) is 28.9 Å². The molecular formula is C21H18ClN5O3. The number of carbonyl (C=O) groups is 1. The number of fused-ring (bicyclic) bond motifs is 1. The van der Waals surface area contributed by atoms with E-state index in [-0.39, 0.29) is 11.4 Å². The SMILES string of the molecule is COC(=O)c1cc2cc(Cl)cc(Cn3cc(Cc4ccccn4)nn3)c2nc1OC. The van der Waals surface area contributed by atoms with E-state index in [0.717, 1.165) is 17.0 Å². The fourth-order valence-corrected chi connectivity index (χ4v) is 3.45. The van der Waals surface area contributed by atoms with E-state index in [1.54, 1.807) is 23.0 Å². The number of benzene rings is 1. The lowest BCUT2D eigenvalue weighted by atomic mass is 10.1. The molecule has 0 bridgehead atoms. The van der Waals surface area contributed by atoms with Crippen LogP contribution in [0.5, 0.6) is 5.88 Å². The summed E-state index contributed by atoms with van der Waals surface area (Å²) < 4.78 is 11.8. The summed E-state index contributed by atoms with van der Waals surface area (Å²) >= 11 is 6.31. The average molecular weight is 424 g/mol. The van der Waals surface area contributed by atoms with Crippen molar-refractivity contribution in [2.24, 2.45) is 0 Å². The number of halogens is 1. The van der Waals surface area contributed by atoms with Gasteiger partial charge in [0.1, 0.15) is 5.56 Å². The standard InChI is InChI=1S/C21H18ClN5O3/c1-29-20-18(21(28)30-2)9-13-7-15(22)8-14(19(13)24-20)11-27-12-17(25-26-27)10-16-5-3-4-6-23-16/h3-9,12H,10-11H2,1-2H3. The Morgan fingerprint density at radius 3 is 2.77 bits per heavy atom. The van der Waals surface area contributed by atoms with Crippen molar-refractivity contribution in [3.8, 4) is 5.88 Å². The van der Waals surface area contributed by atoms with Crippen LogP contribution in [0.3, 0.4) is 0 Å². The predicted molar refractivity (Wildman–Crippen MR) is 111 cm³/mol. The van der Waals surface area contributed by atoms with Gasteiger partial charge in [0.2, 0.25) is 5.88 Å². The first-order chi connectivity index (χ1) is 14.6. The van der Waals surface area contributed by atoms with Crippen LogP contribution in [-0.2, 0) is 17.7 Å². The third-order valence-corrected chi connectivity index (χ3v) is 4.75. The van der Waals surface area contributed by atoms with E-state index >= 15 is 0 Å². The Bertz CT molecular complexity index is 1210. The molecule has 0 unspecified atom stereocenters. The van der Waals surface area contributed by atoms with Gasteiger partial charge in [0, 0.05) is 40.5 Å². The van der Waals surface area contributed by atoms with Gasteiger partial charge in [-0.2, -0.15) is 0 Å². The van der Waals surface area contributed by atoms with Crippen LogP contribution in [0.25, 0.3) is 10.9 Å². The van der Waals surface area contributed by atoms with Gasteiger partial charge in [0.25, 0.3) is 0 Å². The van der Waals surface area contributed by atoms with Gasteiger partial charge in [-0.3, -0.25) is 4.98 Å². The van der Waals surface area contributed by atoms with E-state index in [2.05, 4.69) is 20.3 Å². The molecule has 30 heavy (non-hydrogen) atoms. The summed E-state index contributed by atoms with van der Waals surface area (Å²) in [7, 11) is 2.76. The smallest absolute Gasteiger partial charge is 0.343 e. The molecule has 3 heterocycles. The van der Waals surface area contributed by atoms with Crippen molar-refractivity contribution in [2.45, 2.75) is 13.0 Å². The Balaban J connectivity index is 1.68. The minimum absolute atomic E-state index is 0.187. The molecule has 0 atom stereocenters. The summed E-state index contributed by atoms with van der Waals surface area (Å²) in [5, 5.41) is 9.66. The van der Waals surface area contributed by atoms with Crippen molar-refractivity contribution in [2.75, 3.05) is 14.2 Å². The topological polar surface area (TPSA) is 92.0 Å². The van der Waals surface area contributed by atoms with Crippen molar-refractivity contribution in [1.29, 1.82) is 0 Å². The number of nitrogens with zero attached hydrogens (tertiary/aromatic N) is 5. The van der Waals surface area contributed by atoms with Crippen molar-refractivity contribution in [3.05, 3.63) is 76.3 Å². The van der Waals surface area contributed by atoms with E-state index in [1.165, 1.54) is 14.2 Å². The molecule has 0 saturated heterocycles. The van der Waals surface area contributed by atoms with E-state index in [9.17, 15) is 4.79 Å². The van der Waals surface area contributed by atoms with Gasteiger partial charge in [-0.25, -0.2) is 14.5 Å². The fourth-order valence-electron chi connectivity index (χ4n) is 3.20. The first-order valence-corrected chi connectivity index (χ1v) is 9.49. The zero-order chi connectivity index (χ0) is 21.1. The Morgan fingerprint density at radius 1 is 1.17 bits per heavy atom. The van der Waals surface area contributed by atoms with Gasteiger partial charge in [0.15, 0.2) is 0 Å². The molecule has 0 amide bonds. The molecule has 0 saturated carbocycles. The number of esters is 1. The number of pyridine rings is 2. The second-order valence-corrected chi connectivity index (χ2v) is 7.02. The number of carbonyl (C=O) groups excluding carboxylic acids is 1. The van der Waals surface area contributed by atoms with E-state index < -0.39 is 5.97 Å². The van der Waals surface area contributed by atoms with Crippen LogP contribution in [0, 0.1) is 0 Å². The van der Waals surface area contributed by atoms with Gasteiger partial charge in [0.05, 0.1) is 32.0 Å². The first-order valence-electron chi connectivity index (χ1n) is 9.11. The predicted octanol–water partition coefficient (Wildman–Crippen LogP) is 3.31. The van der Waals surface area contributed by atoms with Gasteiger partial charge in [-0.1, -0.05) is 22.9 Å². The summed E-state index contributed by atoms with van der Waals surface area (Å²) in [6.07, 6.45) is 4.20. The zero-order valence-corrected chi connectivity index (χ0v) is 17.1. The van der Waals surface area contributed by atoms with Crippen molar-refractivity contribution in [1.82, 2.24) is 25.0 Å². The highest BCUT2D eigenvalue weighted by molar-refractivity contribution is 6.31. The lowest BCUT2D eigenvalue weighted by Gasteiger charge is -2.11. The number of ether oxygens (including phenoxy) is 2. The van der Waals surface area contributed by atoms with Crippen LogP contribution in [-0.4, -0.2) is 45.2 Å². The van der Waals surface area contributed by atoms with Crippen LogP contribution >= 0.6 is 11.6 Å². The number of hydrogen-bond acceptors (Lipinski definition) is 7. The number of aromatic nitrogens is 5. The minimum Gasteiger partial charge on any atom is -0.480 e. The fraction of sp³-hybridized carbons (Fsp3) is 0.190. The normalized spacial score (nSPS) is 10.9. The molecule has 1 aromatic carbocycles. The van der Waals surface area contributed by atoms with Crippen LogP contribution in [0.2, 0.25) is 5.02 Å². The Hall–Kier alpha value is -3.52. The quantitative estimate of drug-likeness (QED) is 0.439. The highest BCUT2D eigenvalue weighted by Gasteiger charge is 2.18. The van der Waals surface area contributed by atoms with Gasteiger partial charge >= 0.3 is 5.97 Å². The molecule has 9 heteroatoms. The average Bonchev–Trinajstić information content (AvgIpc) is 3.19. The van der Waals surface area contributed by atoms with Crippen LogP contribution < -0.4 is 4.74 Å². The first kappa shape index (κ1) is 19.8. The van der Waals surface area contributed by atoms with E-state index in [1.807, 2.05) is 30.5 Å². The summed E-state index contributed by atoms with van der Waals surface area (Å²) in [4.78, 5) is 20.9. The maximum Gasteiger partial charge on any atom is 0.343 e. The summed E-state index contributed by atoms with van der Waals surface area (Å²) in [5.74, 6) is -0.342. The molecule has 8 nitrogen and oxygen atoms in total. The largest absolute Gasteiger partial charge is 0.480 e. The molecule has 3 aromatic heterocycles. The molecule has 0 fully saturated rings. The molecule has 152 valence electrons. The molecule has 0 aliphatic heterocycles. The third kappa shape index (κ3) is 4.08. The summed E-state index contributed by atoms with van der Waals surface area (Å²) in [5.41, 5.74) is 3.43. The molecule has 0 spiro atoms. The van der Waals surface area contributed by atoms with Crippen molar-refractivity contribution >= 4 is 28.5 Å². The second kappa shape index (κ2) is 8.46. The van der Waals surface area contributed by atoms with Crippen LogP contribution in [0.15, 0.2) is 48.8 Å². The molecule has 0 N–H and O–H groups in total. The molecule has 0 aliphatic rings. The number of hydrogen-bond donors (Lipinski definition) is 0.